The lowest BCUT2D eigenvalue weighted by Crippen LogP contribution is -2.32. The molecule has 0 spiro atoms. The van der Waals surface area contributed by atoms with Gasteiger partial charge in [-0.15, -0.1) is 0 Å². The third-order valence-corrected chi connectivity index (χ3v) is 4.32. The van der Waals surface area contributed by atoms with E-state index in [0.717, 1.165) is 37.8 Å². The second-order valence-corrected chi connectivity index (χ2v) is 6.25. The first-order chi connectivity index (χ1) is 12.5. The fraction of sp³-hybridized carbons (Fsp3) is 0.316. The molecule has 0 aliphatic carbocycles. The molecule has 0 bridgehead atoms. The lowest BCUT2D eigenvalue weighted by Gasteiger charge is -2.20. The summed E-state index contributed by atoms with van der Waals surface area (Å²) in [6.07, 6.45) is 6.92. The molecule has 0 unspecified atom stereocenters. The number of benzene rings is 1. The van der Waals surface area contributed by atoms with Crippen LogP contribution in [0.3, 0.4) is 0 Å². The number of anilines is 1. The predicted molar refractivity (Wildman–Crippen MR) is 92.9 cm³/mol. The van der Waals surface area contributed by atoms with Gasteiger partial charge in [0.1, 0.15) is 0 Å². The Balaban J connectivity index is 1.74. The summed E-state index contributed by atoms with van der Waals surface area (Å²) in [7, 11) is 0. The smallest absolute Gasteiger partial charge is 0.257 e. The quantitative estimate of drug-likeness (QED) is 0.910. The minimum atomic E-state index is -1.05. The van der Waals surface area contributed by atoms with Crippen molar-refractivity contribution < 1.29 is 18.4 Å². The Labute approximate surface area is 150 Å². The van der Waals surface area contributed by atoms with Crippen LogP contribution in [0, 0.1) is 11.6 Å². The van der Waals surface area contributed by atoms with Crippen LogP contribution in [0.2, 0.25) is 0 Å². The maximum absolute atomic E-state index is 13.3. The van der Waals surface area contributed by atoms with Gasteiger partial charge in [-0.25, -0.2) is 8.78 Å². The molecule has 2 aromatic rings. The molecule has 0 radical (unpaired) electrons. The molecule has 1 aromatic heterocycles. The maximum Gasteiger partial charge on any atom is 0.257 e. The van der Waals surface area contributed by atoms with Gasteiger partial charge in [0, 0.05) is 37.2 Å². The Bertz CT molecular complexity index is 818. The topological polar surface area (TPSA) is 62.3 Å². The normalized spacial score (nSPS) is 14.6. The van der Waals surface area contributed by atoms with Crippen LogP contribution in [0.15, 0.2) is 36.7 Å². The molecule has 7 heteroatoms. The van der Waals surface area contributed by atoms with Gasteiger partial charge < -0.3 is 10.2 Å². The van der Waals surface area contributed by atoms with Crippen LogP contribution in [0.1, 0.15) is 46.4 Å². The molecule has 2 amide bonds. The van der Waals surface area contributed by atoms with Gasteiger partial charge in [0.05, 0.1) is 11.1 Å². The second kappa shape index (κ2) is 8.03. The number of pyridine rings is 1. The lowest BCUT2D eigenvalue weighted by molar-refractivity contribution is 0.0761. The molecule has 1 aliphatic rings. The molecule has 1 fully saturated rings. The average Bonchev–Trinajstić information content (AvgIpc) is 2.93. The van der Waals surface area contributed by atoms with E-state index in [9.17, 15) is 18.4 Å². The zero-order valence-corrected chi connectivity index (χ0v) is 14.2. The number of carbonyl (C=O) groups is 2. The molecule has 2 heterocycles. The highest BCUT2D eigenvalue weighted by Gasteiger charge is 2.19. The van der Waals surface area contributed by atoms with Crippen molar-refractivity contribution in [3.05, 3.63) is 59.4 Å². The van der Waals surface area contributed by atoms with E-state index in [-0.39, 0.29) is 17.2 Å². The Morgan fingerprint density at radius 2 is 1.62 bits per heavy atom. The number of halogens is 2. The molecular weight excluding hydrogens is 340 g/mol. The minimum absolute atomic E-state index is 0.123. The zero-order chi connectivity index (χ0) is 18.5. The number of likely N-dealkylation sites (tertiary alicyclic amines) is 1. The van der Waals surface area contributed by atoms with Crippen molar-refractivity contribution in [2.24, 2.45) is 0 Å². The fourth-order valence-corrected chi connectivity index (χ4v) is 2.91. The van der Waals surface area contributed by atoms with E-state index in [1.165, 1.54) is 24.5 Å². The van der Waals surface area contributed by atoms with Gasteiger partial charge >= 0.3 is 0 Å². The molecular formula is C19H19F2N3O2. The monoisotopic (exact) mass is 359 g/mol. The van der Waals surface area contributed by atoms with Gasteiger partial charge in [-0.3, -0.25) is 14.6 Å². The summed E-state index contributed by atoms with van der Waals surface area (Å²) in [6, 6.07) is 4.56. The summed E-state index contributed by atoms with van der Waals surface area (Å²) in [5, 5.41) is 2.47. The van der Waals surface area contributed by atoms with Crippen LogP contribution in [-0.2, 0) is 0 Å². The summed E-state index contributed by atoms with van der Waals surface area (Å²) in [5.41, 5.74) is 0.637. The van der Waals surface area contributed by atoms with E-state index in [1.54, 1.807) is 4.90 Å². The molecule has 5 nitrogen and oxygen atoms in total. The van der Waals surface area contributed by atoms with Gasteiger partial charge in [-0.05, 0) is 31.0 Å². The number of nitrogens with zero attached hydrogens (tertiary/aromatic N) is 2. The first-order valence-corrected chi connectivity index (χ1v) is 8.55. The molecule has 1 aliphatic heterocycles. The van der Waals surface area contributed by atoms with Crippen LogP contribution in [0.25, 0.3) is 0 Å². The van der Waals surface area contributed by atoms with Crippen LogP contribution in [0.5, 0.6) is 0 Å². The van der Waals surface area contributed by atoms with Crippen LogP contribution >= 0.6 is 0 Å². The minimum Gasteiger partial charge on any atom is -0.339 e. The van der Waals surface area contributed by atoms with E-state index in [0.29, 0.717) is 18.7 Å². The van der Waals surface area contributed by atoms with E-state index in [1.807, 2.05) is 0 Å². The van der Waals surface area contributed by atoms with Crippen molar-refractivity contribution in [3.8, 4) is 0 Å². The predicted octanol–water partition coefficient (Wildman–Crippen LogP) is 3.63. The van der Waals surface area contributed by atoms with Gasteiger partial charge in [-0.2, -0.15) is 0 Å². The van der Waals surface area contributed by atoms with Gasteiger partial charge in [-0.1, -0.05) is 12.8 Å². The Morgan fingerprint density at radius 3 is 2.31 bits per heavy atom. The summed E-state index contributed by atoms with van der Waals surface area (Å²) in [4.78, 5) is 30.7. The highest BCUT2D eigenvalue weighted by Crippen LogP contribution is 2.16. The first kappa shape index (κ1) is 18.0. The van der Waals surface area contributed by atoms with Crippen molar-refractivity contribution in [2.75, 3.05) is 18.4 Å². The van der Waals surface area contributed by atoms with Crippen molar-refractivity contribution in [1.29, 1.82) is 0 Å². The third kappa shape index (κ3) is 4.22. The molecule has 1 aromatic carbocycles. The number of hydrogen-bond acceptors (Lipinski definition) is 3. The molecule has 3 rings (SSSR count). The van der Waals surface area contributed by atoms with Crippen molar-refractivity contribution in [3.63, 3.8) is 0 Å². The number of rotatable bonds is 3. The van der Waals surface area contributed by atoms with E-state index in [2.05, 4.69) is 10.3 Å². The summed E-state index contributed by atoms with van der Waals surface area (Å²) >= 11 is 0. The summed E-state index contributed by atoms with van der Waals surface area (Å²) in [6.45, 7) is 1.40. The molecule has 1 N–H and O–H groups in total. The number of nitrogens with one attached hydrogen (secondary N) is 1. The van der Waals surface area contributed by atoms with Gasteiger partial charge in [0.15, 0.2) is 11.6 Å². The van der Waals surface area contributed by atoms with Crippen LogP contribution < -0.4 is 5.32 Å². The molecule has 26 heavy (non-hydrogen) atoms. The Kier molecular flexibility index (Phi) is 5.55. The van der Waals surface area contributed by atoms with Crippen LogP contribution in [-0.4, -0.2) is 34.8 Å². The van der Waals surface area contributed by atoms with Crippen molar-refractivity contribution in [1.82, 2.24) is 9.88 Å². The molecule has 0 atom stereocenters. The average molecular weight is 359 g/mol. The lowest BCUT2D eigenvalue weighted by atomic mass is 10.1. The van der Waals surface area contributed by atoms with E-state index in [4.69, 9.17) is 0 Å². The van der Waals surface area contributed by atoms with Crippen molar-refractivity contribution in [2.45, 2.75) is 25.7 Å². The van der Waals surface area contributed by atoms with E-state index < -0.39 is 17.5 Å². The summed E-state index contributed by atoms with van der Waals surface area (Å²) < 4.78 is 26.2. The second-order valence-electron chi connectivity index (χ2n) is 6.25. The van der Waals surface area contributed by atoms with E-state index >= 15 is 0 Å². The number of aromatic nitrogens is 1. The molecule has 1 saturated heterocycles. The number of hydrogen-bond donors (Lipinski definition) is 1. The Hall–Kier alpha value is -2.83. The Morgan fingerprint density at radius 1 is 0.923 bits per heavy atom. The number of carbonyl (C=O) groups excluding carboxylic acids is 2. The SMILES string of the molecule is O=C(Nc1ccc(F)c(F)c1)c1cncc(C(=O)N2CCCCCC2)c1. The van der Waals surface area contributed by atoms with Gasteiger partial charge in [0.2, 0.25) is 0 Å². The van der Waals surface area contributed by atoms with Crippen molar-refractivity contribution >= 4 is 17.5 Å². The maximum atomic E-state index is 13.3. The molecule has 136 valence electrons. The molecule has 0 saturated carbocycles. The third-order valence-electron chi connectivity index (χ3n) is 4.32. The van der Waals surface area contributed by atoms with Crippen LogP contribution in [0.4, 0.5) is 14.5 Å². The summed E-state index contributed by atoms with van der Waals surface area (Å²) in [5.74, 6) is -2.74. The number of amides is 2. The first-order valence-electron chi connectivity index (χ1n) is 8.55. The zero-order valence-electron chi connectivity index (χ0n) is 14.2. The highest BCUT2D eigenvalue weighted by atomic mass is 19.2. The van der Waals surface area contributed by atoms with Gasteiger partial charge in [0.25, 0.3) is 11.8 Å². The highest BCUT2D eigenvalue weighted by molar-refractivity contribution is 6.05. The standard InChI is InChI=1S/C19H19F2N3O2/c20-16-6-5-15(10-17(16)21)23-18(25)13-9-14(12-22-11-13)19(26)24-7-3-1-2-4-8-24/h5-6,9-12H,1-4,7-8H2,(H,23,25). The fourth-order valence-electron chi connectivity index (χ4n) is 2.91. The largest absolute Gasteiger partial charge is 0.339 e.